The highest BCUT2D eigenvalue weighted by Gasteiger charge is 2.37. The number of hydrogen-bond donors (Lipinski definition) is 3. The molecule has 18 heteroatoms. The fraction of sp³-hybridized carbons (Fsp3) is 0.556. The maximum absolute atomic E-state index is 13.6. The highest BCUT2D eigenvalue weighted by atomic mass is 35.6. The molecule has 1 aliphatic heterocycles. The van der Waals surface area contributed by atoms with Gasteiger partial charge in [-0.2, -0.15) is 0 Å². The summed E-state index contributed by atoms with van der Waals surface area (Å²) in [5.74, 6) is -3.51. The van der Waals surface area contributed by atoms with Crippen LogP contribution in [-0.4, -0.2) is 87.0 Å². The van der Waals surface area contributed by atoms with E-state index in [2.05, 4.69) is 21.0 Å². The van der Waals surface area contributed by atoms with E-state index in [0.717, 1.165) is 10.4 Å². The summed E-state index contributed by atoms with van der Waals surface area (Å²) in [6, 6.07) is 6.38. The summed E-state index contributed by atoms with van der Waals surface area (Å²) in [5, 5.41) is 7.01. The molecule has 4 unspecified atom stereocenters. The summed E-state index contributed by atoms with van der Waals surface area (Å²) in [4.78, 5) is 68.8. The summed E-state index contributed by atoms with van der Waals surface area (Å²) in [6.45, 7) is 11.0. The van der Waals surface area contributed by atoms with Gasteiger partial charge >= 0.3 is 18.0 Å². The largest absolute Gasteiger partial charge is 0.460 e. The Morgan fingerprint density at radius 1 is 1.04 bits per heavy atom. The smallest absolute Gasteiger partial charge is 0.408 e. The third-order valence-electron chi connectivity index (χ3n) is 7.91. The number of nitrogens with zero attached hydrogens (tertiary/aromatic N) is 2. The number of alkyl halides is 5. The second-order valence-electron chi connectivity index (χ2n) is 14.4. The zero-order valence-corrected chi connectivity index (χ0v) is 33.3. The first kappa shape index (κ1) is 44.6. The molecule has 1 aliphatic rings. The van der Waals surface area contributed by atoms with Crippen molar-refractivity contribution in [3.8, 4) is 0 Å². The molecule has 0 radical (unpaired) electrons. The Hall–Kier alpha value is -3.79. The number of hydrazine groups is 1. The third kappa shape index (κ3) is 14.1. The van der Waals surface area contributed by atoms with Gasteiger partial charge in [-0.3, -0.25) is 29.2 Å². The highest BCUT2D eigenvalue weighted by Crippen LogP contribution is 2.27. The van der Waals surface area contributed by atoms with Gasteiger partial charge in [-0.1, -0.05) is 65.2 Å². The van der Waals surface area contributed by atoms with Crippen molar-refractivity contribution in [2.75, 3.05) is 13.2 Å². The van der Waals surface area contributed by atoms with Gasteiger partial charge < -0.3 is 24.8 Å². The third-order valence-corrected chi connectivity index (χ3v) is 8.24. The minimum atomic E-state index is -3.02. The van der Waals surface area contributed by atoms with Crippen LogP contribution < -0.4 is 16.1 Å². The molecule has 2 aromatic rings. The number of esters is 2. The average molecular weight is 821 g/mol. The van der Waals surface area contributed by atoms with Crippen LogP contribution in [0.25, 0.3) is 17.0 Å². The van der Waals surface area contributed by atoms with Gasteiger partial charge in [-0.05, 0) is 79.0 Å². The molecule has 3 N–H and O–H groups in total. The van der Waals surface area contributed by atoms with Crippen LogP contribution in [0.2, 0.25) is 0 Å². The number of carbonyl (C=O) groups excluding carboxylic acids is 5. The number of aromatic nitrogens is 1. The minimum Gasteiger partial charge on any atom is -0.460 e. The molecule has 13 nitrogen and oxygen atoms in total. The Morgan fingerprint density at radius 3 is 2.33 bits per heavy atom. The van der Waals surface area contributed by atoms with Crippen LogP contribution in [0.1, 0.15) is 85.0 Å². The molecule has 0 aliphatic carbocycles. The molecule has 1 aromatic carbocycles. The number of amides is 3. The van der Waals surface area contributed by atoms with Crippen LogP contribution in [-0.2, 0) is 33.4 Å². The lowest BCUT2D eigenvalue weighted by Gasteiger charge is -2.34. The number of hydrogen-bond acceptors (Lipinski definition) is 10. The van der Waals surface area contributed by atoms with E-state index in [4.69, 9.17) is 49.0 Å². The van der Waals surface area contributed by atoms with E-state index in [9.17, 15) is 32.8 Å². The van der Waals surface area contributed by atoms with Gasteiger partial charge in [0.15, 0.2) is 6.10 Å². The number of fused-ring (bicyclic) bond motifs is 1. The van der Waals surface area contributed by atoms with Crippen LogP contribution >= 0.6 is 34.8 Å². The number of pyridine rings is 1. The van der Waals surface area contributed by atoms with E-state index in [1.54, 1.807) is 52.0 Å². The maximum Gasteiger partial charge on any atom is 0.408 e. The minimum absolute atomic E-state index is 0.169. The van der Waals surface area contributed by atoms with Gasteiger partial charge in [0.25, 0.3) is 11.8 Å². The summed E-state index contributed by atoms with van der Waals surface area (Å²) in [7, 11) is 0. The molecule has 0 bridgehead atoms. The van der Waals surface area contributed by atoms with Crippen molar-refractivity contribution in [3.05, 3.63) is 47.7 Å². The molecule has 0 spiro atoms. The van der Waals surface area contributed by atoms with Gasteiger partial charge in [-0.25, -0.2) is 19.0 Å². The predicted octanol–water partition coefficient (Wildman–Crippen LogP) is 6.34. The number of rotatable bonds is 13. The van der Waals surface area contributed by atoms with Crippen molar-refractivity contribution >= 4 is 81.6 Å². The standard InChI is InChI=1S/C36H46Cl3F2N5O8/c1-20(43-33(51)54-34(3,4)5)24-13-12-23-11-10-22(17-26(23)44-24)14-15-35(6,7)32(50)53-27(18-28(40)41)29(47)42-21(2)30(48)46-16-8-9-25(45-46)31(49)52-19-36(37,38)39/h10-15,17,20-21,25,27-28,45H,8-9,16,18-19H2,1-7H3,(H,42,47)(H,43,51). The highest BCUT2D eigenvalue weighted by molar-refractivity contribution is 6.67. The Morgan fingerprint density at radius 2 is 1.70 bits per heavy atom. The van der Waals surface area contributed by atoms with Crippen molar-refractivity contribution in [2.24, 2.45) is 5.41 Å². The van der Waals surface area contributed by atoms with Crippen LogP contribution in [0.4, 0.5) is 13.6 Å². The fourth-order valence-electron chi connectivity index (χ4n) is 5.05. The molecule has 298 valence electrons. The Balaban J connectivity index is 1.65. The lowest BCUT2D eigenvalue weighted by Crippen LogP contribution is -2.60. The Labute approximate surface area is 327 Å². The lowest BCUT2D eigenvalue weighted by atomic mass is 9.92. The molecule has 0 saturated carbocycles. The molecule has 4 atom stereocenters. The summed E-state index contributed by atoms with van der Waals surface area (Å²) in [5.41, 5.74) is 2.52. The van der Waals surface area contributed by atoms with Crippen molar-refractivity contribution in [3.63, 3.8) is 0 Å². The van der Waals surface area contributed by atoms with Crippen LogP contribution in [0, 0.1) is 5.41 Å². The molecule has 1 aromatic heterocycles. The molecule has 1 fully saturated rings. The molecule has 2 heterocycles. The van der Waals surface area contributed by atoms with E-state index in [0.29, 0.717) is 29.6 Å². The number of halogens is 5. The van der Waals surface area contributed by atoms with Crippen LogP contribution in [0.5, 0.6) is 0 Å². The van der Waals surface area contributed by atoms with E-state index < -0.39 is 88.3 Å². The molecular formula is C36H46Cl3F2N5O8. The quantitative estimate of drug-likeness (QED) is 0.118. The number of nitrogens with one attached hydrogen (secondary N) is 3. The average Bonchev–Trinajstić information content (AvgIpc) is 3.07. The first-order valence-electron chi connectivity index (χ1n) is 17.1. The van der Waals surface area contributed by atoms with Crippen molar-refractivity contribution < 1.29 is 47.0 Å². The van der Waals surface area contributed by atoms with Gasteiger partial charge in [0.1, 0.15) is 24.3 Å². The fourth-order valence-corrected chi connectivity index (χ4v) is 5.21. The lowest BCUT2D eigenvalue weighted by molar-refractivity contribution is -0.164. The zero-order valence-electron chi connectivity index (χ0n) is 31.0. The molecular weight excluding hydrogens is 775 g/mol. The molecule has 3 amide bonds. The first-order valence-corrected chi connectivity index (χ1v) is 18.3. The van der Waals surface area contributed by atoms with E-state index >= 15 is 0 Å². The van der Waals surface area contributed by atoms with Gasteiger partial charge in [0, 0.05) is 11.9 Å². The number of carbonyl (C=O) groups is 5. The van der Waals surface area contributed by atoms with Crippen LogP contribution in [0.15, 0.2) is 36.4 Å². The Kier molecular flexibility index (Phi) is 15.4. The maximum atomic E-state index is 13.6. The van der Waals surface area contributed by atoms with Gasteiger partial charge in [0.05, 0.1) is 29.1 Å². The number of alkyl carbamates (subject to hydrolysis) is 1. The second kappa shape index (κ2) is 18.7. The monoisotopic (exact) mass is 819 g/mol. The van der Waals surface area contributed by atoms with Crippen LogP contribution in [0.3, 0.4) is 0 Å². The number of benzene rings is 1. The molecule has 3 rings (SSSR count). The van der Waals surface area contributed by atoms with Crippen molar-refractivity contribution in [2.45, 2.75) is 108 Å². The Bertz CT molecular complexity index is 1720. The van der Waals surface area contributed by atoms with E-state index in [1.807, 2.05) is 12.1 Å². The first-order chi connectivity index (χ1) is 24.9. The molecule has 54 heavy (non-hydrogen) atoms. The zero-order chi connectivity index (χ0) is 40.6. The van der Waals surface area contributed by atoms with E-state index in [-0.39, 0.29) is 6.54 Å². The predicted molar refractivity (Wildman–Crippen MR) is 200 cm³/mol. The second-order valence-corrected chi connectivity index (χ2v) is 16.9. The SMILES string of the molecule is CC(NC(=O)C(CC(F)F)OC(=O)C(C)(C)C=Cc1ccc2ccc(C(C)NC(=O)OC(C)(C)C)nc2c1)C(=O)N1CCCC(C(=O)OCC(Cl)(Cl)Cl)N1. The summed E-state index contributed by atoms with van der Waals surface area (Å²) in [6.07, 6.45) is -2.78. The topological polar surface area (TPSA) is 165 Å². The van der Waals surface area contributed by atoms with Crippen molar-refractivity contribution in [1.82, 2.24) is 26.1 Å². The normalized spacial score (nSPS) is 17.1. The summed E-state index contributed by atoms with van der Waals surface area (Å²) >= 11 is 16.9. The van der Waals surface area contributed by atoms with Crippen molar-refractivity contribution in [1.29, 1.82) is 0 Å². The van der Waals surface area contributed by atoms with E-state index in [1.165, 1.54) is 26.8 Å². The van der Waals surface area contributed by atoms with Gasteiger partial charge in [0.2, 0.25) is 10.2 Å². The number of ether oxygens (including phenoxy) is 3. The summed E-state index contributed by atoms with van der Waals surface area (Å²) < 4.78 is 40.9. The molecule has 1 saturated heterocycles. The van der Waals surface area contributed by atoms with Gasteiger partial charge in [-0.15, -0.1) is 0 Å².